The molecule has 15 heavy (non-hydrogen) atoms. The fourth-order valence-corrected chi connectivity index (χ4v) is 1.19. The lowest BCUT2D eigenvalue weighted by atomic mass is 10.4. The number of aliphatic carboxylic acids is 1. The summed E-state index contributed by atoms with van der Waals surface area (Å²) in [5.41, 5.74) is 5.46. The number of hydrogen-bond acceptors (Lipinski definition) is 5. The van der Waals surface area contributed by atoms with Gasteiger partial charge < -0.3 is 21.0 Å². The number of aryl methyl sites for hydroxylation is 1. The number of nitrogens with two attached hydrogens (primary N) is 1. The molecule has 0 unspecified atom stereocenters. The average Bonchev–Trinajstić information content (AvgIpc) is 2.39. The fourth-order valence-electron chi connectivity index (χ4n) is 1.19. The summed E-state index contributed by atoms with van der Waals surface area (Å²) in [5, 5.41) is 18.9. The number of imidazole rings is 1. The Hall–Kier alpha value is -2.12. The van der Waals surface area contributed by atoms with Crippen LogP contribution in [0.15, 0.2) is 0 Å². The summed E-state index contributed by atoms with van der Waals surface area (Å²) in [5.74, 6) is -1.21. The van der Waals surface area contributed by atoms with Gasteiger partial charge in [0.05, 0.1) is 6.42 Å². The van der Waals surface area contributed by atoms with Gasteiger partial charge >= 0.3 is 11.8 Å². The van der Waals surface area contributed by atoms with Gasteiger partial charge in [-0.2, -0.15) is 0 Å². The lowest BCUT2D eigenvalue weighted by Crippen LogP contribution is -2.09. The van der Waals surface area contributed by atoms with E-state index < -0.39 is 16.7 Å². The number of rotatable bonds is 4. The number of nitro groups is 1. The second kappa shape index (κ2) is 3.95. The first-order valence-corrected chi connectivity index (χ1v) is 4.12. The molecule has 0 saturated carbocycles. The Morgan fingerprint density at radius 3 is 2.73 bits per heavy atom. The van der Waals surface area contributed by atoms with Crippen LogP contribution in [0.25, 0.3) is 0 Å². The summed E-state index contributed by atoms with van der Waals surface area (Å²) in [6.07, 6.45) is -0.154. The Morgan fingerprint density at radius 2 is 2.33 bits per heavy atom. The molecular formula is C7H10N4O4. The van der Waals surface area contributed by atoms with Crippen molar-refractivity contribution in [3.05, 3.63) is 15.9 Å². The molecule has 1 rings (SSSR count). The van der Waals surface area contributed by atoms with Crippen LogP contribution in [0.3, 0.4) is 0 Å². The first-order valence-electron chi connectivity index (χ1n) is 4.12. The third-order valence-electron chi connectivity index (χ3n) is 1.90. The minimum absolute atomic E-state index is 0.0772. The Kier molecular flexibility index (Phi) is 2.88. The number of nitrogens with zero attached hydrogens (tertiary/aromatic N) is 3. The highest BCUT2D eigenvalue weighted by Gasteiger charge is 2.22. The highest BCUT2D eigenvalue weighted by atomic mass is 16.6. The summed E-state index contributed by atoms with van der Waals surface area (Å²) in [6.45, 7) is 1.61. The second-order valence-corrected chi connectivity index (χ2v) is 2.92. The molecule has 0 radical (unpaired) electrons. The van der Waals surface area contributed by atoms with E-state index in [-0.39, 0.29) is 18.8 Å². The SMILES string of the molecule is Cc1nc([N+](=O)[O-])c(N)n1CCC(=O)O. The zero-order chi connectivity index (χ0) is 11.6. The number of carbonyl (C=O) groups is 1. The fraction of sp³-hybridized carbons (Fsp3) is 0.429. The van der Waals surface area contributed by atoms with Crippen molar-refractivity contribution in [2.24, 2.45) is 0 Å². The van der Waals surface area contributed by atoms with E-state index in [0.717, 1.165) is 0 Å². The van der Waals surface area contributed by atoms with Gasteiger partial charge in [0.25, 0.3) is 0 Å². The summed E-state index contributed by atoms with van der Waals surface area (Å²) >= 11 is 0. The van der Waals surface area contributed by atoms with Crippen molar-refractivity contribution in [2.75, 3.05) is 5.73 Å². The predicted molar refractivity (Wildman–Crippen MR) is 50.3 cm³/mol. The van der Waals surface area contributed by atoms with Crippen molar-refractivity contribution in [3.63, 3.8) is 0 Å². The van der Waals surface area contributed by atoms with E-state index in [0.29, 0.717) is 5.82 Å². The zero-order valence-electron chi connectivity index (χ0n) is 8.01. The largest absolute Gasteiger partial charge is 0.481 e. The van der Waals surface area contributed by atoms with E-state index in [1.165, 1.54) is 11.5 Å². The van der Waals surface area contributed by atoms with E-state index in [1.54, 1.807) is 0 Å². The molecule has 0 bridgehead atoms. The Labute approximate surface area is 84.5 Å². The molecule has 0 aliphatic rings. The molecule has 0 spiro atoms. The van der Waals surface area contributed by atoms with Crippen LogP contribution < -0.4 is 5.73 Å². The summed E-state index contributed by atoms with van der Waals surface area (Å²) in [7, 11) is 0. The molecule has 1 aromatic heterocycles. The van der Waals surface area contributed by atoms with Crippen molar-refractivity contribution in [1.29, 1.82) is 0 Å². The quantitative estimate of drug-likeness (QED) is 0.543. The molecule has 0 fully saturated rings. The van der Waals surface area contributed by atoms with Gasteiger partial charge in [-0.25, -0.2) is 0 Å². The molecule has 0 amide bonds. The van der Waals surface area contributed by atoms with Gasteiger partial charge in [0.2, 0.25) is 11.6 Å². The van der Waals surface area contributed by atoms with Crippen LogP contribution in [0.5, 0.6) is 0 Å². The average molecular weight is 214 g/mol. The maximum absolute atomic E-state index is 10.5. The number of aromatic nitrogens is 2. The lowest BCUT2D eigenvalue weighted by molar-refractivity contribution is -0.388. The first kappa shape index (κ1) is 11.0. The van der Waals surface area contributed by atoms with Crippen molar-refractivity contribution < 1.29 is 14.8 Å². The number of carboxylic acids is 1. The van der Waals surface area contributed by atoms with Crippen molar-refractivity contribution >= 4 is 17.6 Å². The minimum atomic E-state index is -0.995. The normalized spacial score (nSPS) is 10.2. The smallest absolute Gasteiger partial charge is 0.406 e. The van der Waals surface area contributed by atoms with Crippen LogP contribution in [-0.2, 0) is 11.3 Å². The molecule has 3 N–H and O–H groups in total. The molecule has 0 atom stereocenters. The predicted octanol–water partition coefficient (Wildman–Crippen LogP) is 0.157. The maximum atomic E-state index is 10.5. The Bertz CT molecular complexity index is 411. The minimum Gasteiger partial charge on any atom is -0.481 e. The van der Waals surface area contributed by atoms with Crippen LogP contribution in [-0.4, -0.2) is 25.6 Å². The highest BCUT2D eigenvalue weighted by molar-refractivity contribution is 5.66. The number of carboxylic acid groups (broad SMARTS) is 1. The van der Waals surface area contributed by atoms with E-state index >= 15 is 0 Å². The van der Waals surface area contributed by atoms with Gasteiger partial charge in [-0.15, -0.1) is 0 Å². The number of hydrogen-bond donors (Lipinski definition) is 2. The van der Waals surface area contributed by atoms with Crippen LogP contribution in [0, 0.1) is 17.0 Å². The molecule has 82 valence electrons. The first-order chi connectivity index (χ1) is 6.93. The number of nitrogen functional groups attached to an aromatic ring is 1. The van der Waals surface area contributed by atoms with Crippen molar-refractivity contribution in [3.8, 4) is 0 Å². The lowest BCUT2D eigenvalue weighted by Gasteiger charge is -2.01. The van der Waals surface area contributed by atoms with E-state index in [2.05, 4.69) is 4.98 Å². The molecule has 0 aliphatic carbocycles. The highest BCUT2D eigenvalue weighted by Crippen LogP contribution is 2.21. The third kappa shape index (κ3) is 2.22. The van der Waals surface area contributed by atoms with Crippen LogP contribution in [0.2, 0.25) is 0 Å². The molecular weight excluding hydrogens is 204 g/mol. The molecule has 0 aromatic carbocycles. The summed E-state index contributed by atoms with van der Waals surface area (Å²) in [6, 6.07) is 0. The molecule has 1 heterocycles. The van der Waals surface area contributed by atoms with Crippen molar-refractivity contribution in [2.45, 2.75) is 19.9 Å². The van der Waals surface area contributed by atoms with E-state index in [9.17, 15) is 14.9 Å². The Balaban J connectivity index is 2.97. The van der Waals surface area contributed by atoms with Gasteiger partial charge in [-0.3, -0.25) is 9.36 Å². The zero-order valence-corrected chi connectivity index (χ0v) is 8.01. The van der Waals surface area contributed by atoms with Gasteiger partial charge in [0, 0.05) is 13.5 Å². The molecule has 0 aliphatic heterocycles. The van der Waals surface area contributed by atoms with Crippen LogP contribution >= 0.6 is 0 Å². The van der Waals surface area contributed by atoms with Gasteiger partial charge in [-0.1, -0.05) is 0 Å². The van der Waals surface area contributed by atoms with Gasteiger partial charge in [-0.05, 0) is 9.91 Å². The monoisotopic (exact) mass is 214 g/mol. The second-order valence-electron chi connectivity index (χ2n) is 2.92. The van der Waals surface area contributed by atoms with Crippen LogP contribution in [0.4, 0.5) is 11.6 Å². The topological polar surface area (TPSA) is 124 Å². The van der Waals surface area contributed by atoms with Crippen molar-refractivity contribution in [1.82, 2.24) is 9.55 Å². The van der Waals surface area contributed by atoms with Crippen LogP contribution in [0.1, 0.15) is 12.2 Å². The molecule has 1 aromatic rings. The third-order valence-corrected chi connectivity index (χ3v) is 1.90. The summed E-state index contributed by atoms with van der Waals surface area (Å²) < 4.78 is 1.31. The molecule has 8 nitrogen and oxygen atoms in total. The van der Waals surface area contributed by atoms with E-state index in [4.69, 9.17) is 10.8 Å². The van der Waals surface area contributed by atoms with E-state index in [1.807, 2.05) is 0 Å². The molecule has 0 saturated heterocycles. The summed E-state index contributed by atoms with van der Waals surface area (Å²) in [4.78, 5) is 23.7. The number of anilines is 1. The van der Waals surface area contributed by atoms with Gasteiger partial charge in [0.1, 0.15) is 0 Å². The Morgan fingerprint density at radius 1 is 1.73 bits per heavy atom. The standard InChI is InChI=1S/C7H10N4O4/c1-4-9-7(11(14)15)6(8)10(4)3-2-5(12)13/h2-3,8H2,1H3,(H,12,13). The molecule has 8 heteroatoms. The maximum Gasteiger partial charge on any atom is 0.406 e. The van der Waals surface area contributed by atoms with Gasteiger partial charge in [0.15, 0.2) is 0 Å².